The zero-order chi connectivity index (χ0) is 14.7. The largest absolute Gasteiger partial charge is 0.313 e. The second-order valence-corrected chi connectivity index (χ2v) is 5.70. The first-order valence-electron chi connectivity index (χ1n) is 6.38. The van der Waals surface area contributed by atoms with E-state index < -0.39 is 11.6 Å². The lowest BCUT2D eigenvalue weighted by Gasteiger charge is -2.19. The van der Waals surface area contributed by atoms with Crippen molar-refractivity contribution in [2.45, 2.75) is 19.4 Å². The Balaban J connectivity index is 2.28. The molecule has 0 saturated heterocycles. The van der Waals surface area contributed by atoms with Crippen LogP contribution in [0.4, 0.5) is 8.78 Å². The molecule has 0 spiro atoms. The first kappa shape index (κ1) is 15.1. The van der Waals surface area contributed by atoms with Gasteiger partial charge in [-0.3, -0.25) is 0 Å². The highest BCUT2D eigenvalue weighted by Gasteiger charge is 2.15. The average Bonchev–Trinajstić information content (AvgIpc) is 2.39. The molecule has 2 aromatic rings. The second-order valence-electron chi connectivity index (χ2n) is 4.78. The van der Waals surface area contributed by atoms with Gasteiger partial charge < -0.3 is 5.32 Å². The van der Waals surface area contributed by atoms with E-state index >= 15 is 0 Å². The summed E-state index contributed by atoms with van der Waals surface area (Å²) >= 11 is 3.43. The molecule has 0 aromatic heterocycles. The van der Waals surface area contributed by atoms with E-state index in [0.717, 1.165) is 21.7 Å². The van der Waals surface area contributed by atoms with Gasteiger partial charge in [-0.05, 0) is 55.3 Å². The van der Waals surface area contributed by atoms with Gasteiger partial charge in [-0.2, -0.15) is 0 Å². The molecular weight excluding hydrogens is 324 g/mol. The summed E-state index contributed by atoms with van der Waals surface area (Å²) in [5, 5.41) is 3.19. The van der Waals surface area contributed by atoms with Crippen LogP contribution in [0.5, 0.6) is 0 Å². The normalized spacial score (nSPS) is 12.4. The summed E-state index contributed by atoms with van der Waals surface area (Å²) in [6.07, 6.45) is 0.477. The summed E-state index contributed by atoms with van der Waals surface area (Å²) in [6.45, 7) is 2.02. The van der Waals surface area contributed by atoms with Gasteiger partial charge in [0.15, 0.2) is 0 Å². The number of hydrogen-bond acceptors (Lipinski definition) is 1. The van der Waals surface area contributed by atoms with Crippen molar-refractivity contribution in [1.29, 1.82) is 0 Å². The summed E-state index contributed by atoms with van der Waals surface area (Å²) in [4.78, 5) is 0. The summed E-state index contributed by atoms with van der Waals surface area (Å²) in [6, 6.07) is 9.72. The van der Waals surface area contributed by atoms with Gasteiger partial charge >= 0.3 is 0 Å². The summed E-state index contributed by atoms with van der Waals surface area (Å²) in [7, 11) is 1.84. The molecule has 106 valence electrons. The summed E-state index contributed by atoms with van der Waals surface area (Å²) < 4.78 is 27.7. The monoisotopic (exact) mass is 339 g/mol. The third-order valence-corrected chi connectivity index (χ3v) is 3.89. The average molecular weight is 340 g/mol. The van der Waals surface area contributed by atoms with Crippen molar-refractivity contribution in [1.82, 2.24) is 5.32 Å². The Labute approximate surface area is 126 Å². The molecule has 1 nitrogen and oxygen atoms in total. The Kier molecular flexibility index (Phi) is 4.89. The van der Waals surface area contributed by atoms with Crippen LogP contribution in [0.1, 0.15) is 22.7 Å². The first-order chi connectivity index (χ1) is 9.51. The summed E-state index contributed by atoms with van der Waals surface area (Å²) in [5.74, 6) is -1.05. The van der Waals surface area contributed by atoms with Gasteiger partial charge in [-0.15, -0.1) is 0 Å². The number of aryl methyl sites for hydroxylation is 1. The van der Waals surface area contributed by atoms with Crippen molar-refractivity contribution in [3.63, 3.8) is 0 Å². The molecule has 2 rings (SSSR count). The maximum atomic E-state index is 13.8. The minimum atomic E-state index is -0.549. The zero-order valence-corrected chi connectivity index (χ0v) is 13.0. The second kappa shape index (κ2) is 6.46. The van der Waals surface area contributed by atoms with Crippen molar-refractivity contribution in [2.75, 3.05) is 7.05 Å². The predicted octanol–water partition coefficient (Wildman–Crippen LogP) is 4.54. The molecule has 1 unspecified atom stereocenters. The molecule has 4 heteroatoms. The molecule has 0 aliphatic heterocycles. The van der Waals surface area contributed by atoms with Crippen molar-refractivity contribution in [2.24, 2.45) is 0 Å². The van der Waals surface area contributed by atoms with Crippen molar-refractivity contribution in [3.05, 3.63) is 69.2 Å². The van der Waals surface area contributed by atoms with Crippen LogP contribution in [-0.4, -0.2) is 7.05 Å². The molecule has 0 saturated carbocycles. The Morgan fingerprint density at radius 1 is 1.15 bits per heavy atom. The van der Waals surface area contributed by atoms with E-state index in [1.165, 1.54) is 12.1 Å². The van der Waals surface area contributed by atoms with Gasteiger partial charge in [0.25, 0.3) is 0 Å². The van der Waals surface area contributed by atoms with Gasteiger partial charge in [-0.1, -0.05) is 28.1 Å². The van der Waals surface area contributed by atoms with Gasteiger partial charge in [0, 0.05) is 16.6 Å². The standard InChI is InChI=1S/C16H16BrF2N/c1-10-7-12(17)4-6-14(10)16(20-2)8-11-3-5-13(18)9-15(11)19/h3-7,9,16,20H,8H2,1-2H3. The van der Waals surface area contributed by atoms with Crippen molar-refractivity contribution >= 4 is 15.9 Å². The molecule has 1 atom stereocenters. The van der Waals surface area contributed by atoms with Crippen molar-refractivity contribution in [3.8, 4) is 0 Å². The van der Waals surface area contributed by atoms with Gasteiger partial charge in [0.2, 0.25) is 0 Å². The maximum absolute atomic E-state index is 13.8. The smallest absolute Gasteiger partial charge is 0.129 e. The number of benzene rings is 2. The maximum Gasteiger partial charge on any atom is 0.129 e. The quantitative estimate of drug-likeness (QED) is 0.862. The number of rotatable bonds is 4. The Hall–Kier alpha value is -1.26. The molecule has 0 bridgehead atoms. The van der Waals surface area contributed by atoms with Crippen LogP contribution in [0, 0.1) is 18.6 Å². The van der Waals surface area contributed by atoms with Crippen molar-refractivity contribution < 1.29 is 8.78 Å². The van der Waals surface area contributed by atoms with E-state index in [-0.39, 0.29) is 6.04 Å². The highest BCUT2D eigenvalue weighted by atomic mass is 79.9. The molecule has 1 N–H and O–H groups in total. The fourth-order valence-corrected chi connectivity index (χ4v) is 2.78. The summed E-state index contributed by atoms with van der Waals surface area (Å²) in [5.41, 5.74) is 2.74. The number of nitrogens with one attached hydrogen (secondary N) is 1. The van der Waals surface area contributed by atoms with Gasteiger partial charge in [0.1, 0.15) is 11.6 Å². The van der Waals surface area contributed by atoms with E-state index in [4.69, 9.17) is 0 Å². The van der Waals surface area contributed by atoms with Crippen LogP contribution >= 0.6 is 15.9 Å². The molecule has 0 aliphatic carbocycles. The van der Waals surface area contributed by atoms with E-state index in [9.17, 15) is 8.78 Å². The van der Waals surface area contributed by atoms with E-state index in [1.807, 2.05) is 32.2 Å². The molecule has 2 aromatic carbocycles. The molecule has 0 amide bonds. The van der Waals surface area contributed by atoms with Gasteiger partial charge in [-0.25, -0.2) is 8.78 Å². The van der Waals surface area contributed by atoms with E-state index in [0.29, 0.717) is 12.0 Å². The third-order valence-electron chi connectivity index (χ3n) is 3.39. The number of halogens is 3. The fraction of sp³-hybridized carbons (Fsp3) is 0.250. The van der Waals surface area contributed by atoms with Crippen LogP contribution in [0.3, 0.4) is 0 Å². The Morgan fingerprint density at radius 2 is 1.90 bits per heavy atom. The minimum absolute atomic E-state index is 0.0111. The third kappa shape index (κ3) is 3.44. The lowest BCUT2D eigenvalue weighted by molar-refractivity contribution is 0.539. The molecule has 0 aliphatic rings. The van der Waals surface area contributed by atoms with Crippen LogP contribution in [-0.2, 0) is 6.42 Å². The van der Waals surface area contributed by atoms with Crippen LogP contribution in [0.15, 0.2) is 40.9 Å². The minimum Gasteiger partial charge on any atom is -0.313 e. The van der Waals surface area contributed by atoms with E-state index in [1.54, 1.807) is 0 Å². The predicted molar refractivity (Wildman–Crippen MR) is 80.7 cm³/mol. The van der Waals surface area contributed by atoms with Crippen LogP contribution in [0.2, 0.25) is 0 Å². The highest BCUT2D eigenvalue weighted by molar-refractivity contribution is 9.10. The molecular formula is C16H16BrF2N. The lowest BCUT2D eigenvalue weighted by atomic mass is 9.95. The number of hydrogen-bond donors (Lipinski definition) is 1. The first-order valence-corrected chi connectivity index (χ1v) is 7.18. The fourth-order valence-electron chi connectivity index (χ4n) is 2.30. The molecule has 20 heavy (non-hydrogen) atoms. The number of likely N-dealkylation sites (N-methyl/N-ethyl adjacent to an activating group) is 1. The molecule has 0 heterocycles. The van der Waals surface area contributed by atoms with Gasteiger partial charge in [0.05, 0.1) is 0 Å². The molecule has 0 radical (unpaired) electrons. The lowest BCUT2D eigenvalue weighted by Crippen LogP contribution is -2.20. The van der Waals surface area contributed by atoms with E-state index in [2.05, 4.69) is 21.2 Å². The van der Waals surface area contributed by atoms with Crippen LogP contribution in [0.25, 0.3) is 0 Å². The van der Waals surface area contributed by atoms with Crippen LogP contribution < -0.4 is 5.32 Å². The molecule has 0 fully saturated rings. The Morgan fingerprint density at radius 3 is 2.50 bits per heavy atom. The Bertz CT molecular complexity index is 613. The highest BCUT2D eigenvalue weighted by Crippen LogP contribution is 2.25. The topological polar surface area (TPSA) is 12.0 Å². The SMILES string of the molecule is CNC(Cc1ccc(F)cc1F)c1ccc(Br)cc1C. The zero-order valence-electron chi connectivity index (χ0n) is 11.4.